The Balaban J connectivity index is 0.921. The third kappa shape index (κ3) is 5.84. The summed E-state index contributed by atoms with van der Waals surface area (Å²) in [5.74, 6) is 0. The van der Waals surface area contributed by atoms with E-state index in [1.807, 2.05) is 0 Å². The van der Waals surface area contributed by atoms with E-state index in [-0.39, 0.29) is 10.8 Å². The first-order valence-corrected chi connectivity index (χ1v) is 22.2. The molecule has 12 rings (SSSR count). The average Bonchev–Trinajstić information content (AvgIpc) is 3.71. The number of nitrogens with zero attached hydrogens (tertiary/aromatic N) is 1. The Kier molecular flexibility index (Phi) is 8.30. The lowest BCUT2D eigenvalue weighted by atomic mass is 9.79. The van der Waals surface area contributed by atoms with E-state index in [0.29, 0.717) is 0 Å². The molecule has 0 radical (unpaired) electrons. The van der Waals surface area contributed by atoms with Crippen molar-refractivity contribution in [1.29, 1.82) is 0 Å². The van der Waals surface area contributed by atoms with E-state index >= 15 is 0 Å². The second kappa shape index (κ2) is 14.0. The van der Waals surface area contributed by atoms with Gasteiger partial charge in [-0.1, -0.05) is 191 Å². The summed E-state index contributed by atoms with van der Waals surface area (Å²) >= 11 is 0. The van der Waals surface area contributed by atoms with Crippen molar-refractivity contribution in [3.8, 4) is 55.6 Å². The second-order valence-corrected chi connectivity index (χ2v) is 18.5. The Morgan fingerprint density at radius 1 is 0.286 bits per heavy atom. The normalized spacial score (nSPS) is 14.0. The molecule has 63 heavy (non-hydrogen) atoms. The van der Waals surface area contributed by atoms with Crippen LogP contribution in [0, 0.1) is 0 Å². The Morgan fingerprint density at radius 3 is 1.43 bits per heavy atom. The maximum Gasteiger partial charge on any atom is 0.0462 e. The van der Waals surface area contributed by atoms with Crippen LogP contribution in [-0.4, -0.2) is 0 Å². The predicted molar refractivity (Wildman–Crippen MR) is 268 cm³/mol. The van der Waals surface area contributed by atoms with E-state index in [4.69, 9.17) is 0 Å². The summed E-state index contributed by atoms with van der Waals surface area (Å²) < 4.78 is 0. The van der Waals surface area contributed by atoms with Gasteiger partial charge in [-0.25, -0.2) is 0 Å². The van der Waals surface area contributed by atoms with Gasteiger partial charge in [-0.05, 0) is 148 Å². The van der Waals surface area contributed by atoms with Crippen LogP contribution < -0.4 is 4.90 Å². The first kappa shape index (κ1) is 37.3. The molecule has 0 heterocycles. The van der Waals surface area contributed by atoms with E-state index < -0.39 is 0 Å². The van der Waals surface area contributed by atoms with Crippen LogP contribution in [0.2, 0.25) is 0 Å². The van der Waals surface area contributed by atoms with Crippen molar-refractivity contribution >= 4 is 38.6 Å². The molecule has 0 N–H and O–H groups in total. The number of benzene rings is 10. The van der Waals surface area contributed by atoms with Crippen LogP contribution in [0.4, 0.5) is 17.1 Å². The van der Waals surface area contributed by atoms with Gasteiger partial charge in [0.15, 0.2) is 0 Å². The molecule has 10 aromatic rings. The average molecular weight is 806 g/mol. The summed E-state index contributed by atoms with van der Waals surface area (Å²) in [5, 5.41) is 5.10. The van der Waals surface area contributed by atoms with E-state index in [2.05, 4.69) is 245 Å². The summed E-state index contributed by atoms with van der Waals surface area (Å²) in [5.41, 5.74) is 21.6. The van der Waals surface area contributed by atoms with Crippen molar-refractivity contribution in [2.75, 3.05) is 4.90 Å². The third-order valence-electron chi connectivity index (χ3n) is 14.3. The lowest BCUT2D eigenvalue weighted by Gasteiger charge is -2.27. The van der Waals surface area contributed by atoms with Crippen LogP contribution >= 0.6 is 0 Å². The molecule has 0 aliphatic heterocycles. The van der Waals surface area contributed by atoms with Gasteiger partial charge in [-0.2, -0.15) is 0 Å². The zero-order chi connectivity index (χ0) is 42.5. The minimum Gasteiger partial charge on any atom is -0.311 e. The highest BCUT2D eigenvalue weighted by atomic mass is 15.1. The fourth-order valence-corrected chi connectivity index (χ4v) is 11.0. The fourth-order valence-electron chi connectivity index (χ4n) is 11.0. The molecule has 0 atom stereocenters. The molecule has 1 nitrogen and oxygen atoms in total. The lowest BCUT2D eigenvalue weighted by Crippen LogP contribution is -2.16. The monoisotopic (exact) mass is 805 g/mol. The third-order valence-corrected chi connectivity index (χ3v) is 14.3. The summed E-state index contributed by atoms with van der Waals surface area (Å²) in [6.07, 6.45) is 0. The summed E-state index contributed by atoms with van der Waals surface area (Å²) in [6.45, 7) is 9.44. The van der Waals surface area contributed by atoms with E-state index in [0.717, 1.165) is 17.1 Å². The smallest absolute Gasteiger partial charge is 0.0462 e. The Hall–Kier alpha value is -7.48. The highest BCUT2D eigenvalue weighted by Crippen LogP contribution is 2.53. The van der Waals surface area contributed by atoms with Gasteiger partial charge in [-0.15, -0.1) is 0 Å². The van der Waals surface area contributed by atoms with Gasteiger partial charge in [0.25, 0.3) is 0 Å². The van der Waals surface area contributed by atoms with E-state index in [9.17, 15) is 0 Å². The Morgan fingerprint density at radius 2 is 0.746 bits per heavy atom. The van der Waals surface area contributed by atoms with Crippen molar-refractivity contribution in [2.45, 2.75) is 38.5 Å². The molecule has 0 saturated heterocycles. The van der Waals surface area contributed by atoms with Gasteiger partial charge in [-0.3, -0.25) is 0 Å². The Bertz CT molecular complexity index is 3420. The molecule has 0 saturated carbocycles. The molecule has 0 bridgehead atoms. The van der Waals surface area contributed by atoms with Crippen LogP contribution in [0.3, 0.4) is 0 Å². The molecule has 0 fully saturated rings. The highest BCUT2D eigenvalue weighted by Gasteiger charge is 2.37. The van der Waals surface area contributed by atoms with Crippen LogP contribution in [0.1, 0.15) is 49.9 Å². The molecule has 0 spiro atoms. The van der Waals surface area contributed by atoms with Crippen LogP contribution in [0.25, 0.3) is 77.2 Å². The number of anilines is 3. The van der Waals surface area contributed by atoms with Gasteiger partial charge in [0.2, 0.25) is 0 Å². The van der Waals surface area contributed by atoms with Gasteiger partial charge in [0.1, 0.15) is 0 Å². The van der Waals surface area contributed by atoms with Gasteiger partial charge >= 0.3 is 0 Å². The molecule has 2 aliphatic rings. The molecule has 1 heteroatoms. The first-order valence-electron chi connectivity index (χ1n) is 22.2. The molecule has 300 valence electrons. The predicted octanol–water partition coefficient (Wildman–Crippen LogP) is 17.1. The van der Waals surface area contributed by atoms with Crippen molar-refractivity contribution in [2.24, 2.45) is 0 Å². The van der Waals surface area contributed by atoms with Gasteiger partial charge in [0.05, 0.1) is 0 Å². The molecule has 0 unspecified atom stereocenters. The van der Waals surface area contributed by atoms with E-state index in [1.54, 1.807) is 0 Å². The van der Waals surface area contributed by atoms with Crippen molar-refractivity contribution in [1.82, 2.24) is 0 Å². The lowest BCUT2D eigenvalue weighted by molar-refractivity contribution is 0.660. The summed E-state index contributed by atoms with van der Waals surface area (Å²) in [6, 6.07) is 79.0. The quantitative estimate of drug-likeness (QED) is 0.151. The van der Waals surface area contributed by atoms with Crippen LogP contribution in [-0.2, 0) is 10.8 Å². The standard InChI is InChI=1S/C62H47N/c1-61(2)57-18-9-7-14-53(57)55-37-29-45(39-59(55)61)41-24-32-48(33-25-41)63(47-30-22-40(23-31-47)44-28-36-51-46(38-44)21-20-42-12-5-6-13-50(42)51)49-34-26-43(27-35-49)52-16-11-17-56-54-15-8-10-19-58(54)62(3,4)60(52)56/h5-39H,1-4H3. The van der Waals surface area contributed by atoms with Crippen molar-refractivity contribution in [3.63, 3.8) is 0 Å². The number of rotatable bonds is 6. The molecule has 0 amide bonds. The van der Waals surface area contributed by atoms with Crippen LogP contribution in [0.15, 0.2) is 212 Å². The maximum absolute atomic E-state index is 2.41. The van der Waals surface area contributed by atoms with E-state index in [1.165, 1.54) is 99.4 Å². The second-order valence-electron chi connectivity index (χ2n) is 18.5. The first-order chi connectivity index (χ1) is 30.7. The van der Waals surface area contributed by atoms with Crippen molar-refractivity contribution < 1.29 is 0 Å². The number of fused-ring (bicyclic) bond motifs is 9. The zero-order valence-corrected chi connectivity index (χ0v) is 36.2. The minimum absolute atomic E-state index is 0.0439. The minimum atomic E-state index is -0.0892. The topological polar surface area (TPSA) is 3.24 Å². The van der Waals surface area contributed by atoms with Crippen LogP contribution in [0.5, 0.6) is 0 Å². The van der Waals surface area contributed by atoms with Crippen molar-refractivity contribution in [3.05, 3.63) is 235 Å². The molecular weight excluding hydrogens is 759 g/mol. The zero-order valence-electron chi connectivity index (χ0n) is 36.2. The molecule has 0 aromatic heterocycles. The maximum atomic E-state index is 2.41. The SMILES string of the molecule is CC1(C)c2ccccc2-c2ccc(-c3ccc(N(c4ccc(-c5ccc6c(ccc7ccccc76)c5)cc4)c4ccc(-c5cccc6c5C(C)(C)c5ccccc5-6)cc4)cc3)cc21. The highest BCUT2D eigenvalue weighted by molar-refractivity contribution is 6.08. The molecule has 10 aromatic carbocycles. The molecule has 2 aliphatic carbocycles. The molecular formula is C62H47N. The summed E-state index contributed by atoms with van der Waals surface area (Å²) in [7, 11) is 0. The van der Waals surface area contributed by atoms with Gasteiger partial charge < -0.3 is 4.90 Å². The Labute approximate surface area is 370 Å². The van der Waals surface area contributed by atoms with Gasteiger partial charge in [0, 0.05) is 27.9 Å². The fraction of sp³-hybridized carbons (Fsp3) is 0.0968. The number of hydrogen-bond acceptors (Lipinski definition) is 1. The largest absolute Gasteiger partial charge is 0.311 e. The summed E-state index contributed by atoms with van der Waals surface area (Å²) in [4.78, 5) is 2.39. The number of hydrogen-bond donors (Lipinski definition) is 0.